The number of nitrogens with two attached hydrogens (primary N) is 1. The summed E-state index contributed by atoms with van der Waals surface area (Å²) in [5.74, 6) is 3.08. The molecule has 1 aliphatic carbocycles. The summed E-state index contributed by atoms with van der Waals surface area (Å²) in [6.07, 6.45) is 7.70. The average molecular weight is 242 g/mol. The van der Waals surface area contributed by atoms with Crippen LogP contribution in [0.15, 0.2) is 30.3 Å². The zero-order valence-electron chi connectivity index (χ0n) is 10.4. The third-order valence-corrected chi connectivity index (χ3v) is 3.19. The van der Waals surface area contributed by atoms with E-state index in [1.807, 2.05) is 30.3 Å². The molecule has 1 aliphatic rings. The highest BCUT2D eigenvalue weighted by Gasteiger charge is 2.29. The van der Waals surface area contributed by atoms with Crippen molar-refractivity contribution in [3.05, 3.63) is 35.9 Å². The van der Waals surface area contributed by atoms with E-state index in [2.05, 4.69) is 5.92 Å². The van der Waals surface area contributed by atoms with Crippen molar-refractivity contribution in [1.29, 1.82) is 0 Å². The molecule has 0 unspecified atom stereocenters. The molecule has 1 aromatic rings. The Bertz CT molecular complexity index is 445. The van der Waals surface area contributed by atoms with Crippen LogP contribution in [0.25, 0.3) is 0 Å². The van der Waals surface area contributed by atoms with Gasteiger partial charge in [-0.2, -0.15) is 0 Å². The molecule has 1 aromatic carbocycles. The molecule has 2 N–H and O–H groups in total. The quantitative estimate of drug-likeness (QED) is 0.796. The minimum absolute atomic E-state index is 0.0777. The molecule has 18 heavy (non-hydrogen) atoms. The fraction of sp³-hybridized carbons (Fsp3) is 0.400. The number of hydrogen-bond acceptors (Lipinski definition) is 2. The highest BCUT2D eigenvalue weighted by Crippen LogP contribution is 2.30. The van der Waals surface area contributed by atoms with Gasteiger partial charge in [0.05, 0.1) is 6.54 Å². The van der Waals surface area contributed by atoms with Crippen LogP contribution in [0.5, 0.6) is 0 Å². The van der Waals surface area contributed by atoms with E-state index < -0.39 is 6.04 Å². The van der Waals surface area contributed by atoms with Crippen LogP contribution in [0.2, 0.25) is 0 Å². The van der Waals surface area contributed by atoms with Crippen LogP contribution in [-0.4, -0.2) is 23.9 Å². The second-order valence-electron chi connectivity index (χ2n) is 4.75. The van der Waals surface area contributed by atoms with E-state index in [4.69, 9.17) is 12.2 Å². The molecule has 0 radical (unpaired) electrons. The standard InChI is InChI=1S/C15H18N2O/c1-2-10-17(11-12-8-9-12)15(18)14(16)13-6-4-3-5-7-13/h1,3-7,12,14H,8-11,16H2/t14-/m0/s1. The zero-order valence-corrected chi connectivity index (χ0v) is 10.4. The number of hydrogen-bond donors (Lipinski definition) is 1. The van der Waals surface area contributed by atoms with Gasteiger partial charge >= 0.3 is 0 Å². The predicted molar refractivity (Wildman–Crippen MR) is 71.5 cm³/mol. The minimum atomic E-state index is -0.613. The van der Waals surface area contributed by atoms with Gasteiger partial charge in [-0.25, -0.2) is 0 Å². The summed E-state index contributed by atoms with van der Waals surface area (Å²) < 4.78 is 0. The lowest BCUT2D eigenvalue weighted by atomic mass is 10.1. The first kappa shape index (κ1) is 12.7. The highest BCUT2D eigenvalue weighted by atomic mass is 16.2. The van der Waals surface area contributed by atoms with Crippen molar-refractivity contribution in [3.8, 4) is 12.3 Å². The summed E-state index contributed by atoms with van der Waals surface area (Å²) in [4.78, 5) is 14.0. The molecule has 0 saturated heterocycles. The van der Waals surface area contributed by atoms with Crippen molar-refractivity contribution in [2.45, 2.75) is 18.9 Å². The summed E-state index contributed by atoms with van der Waals surface area (Å²) in [5.41, 5.74) is 6.84. The molecule has 0 heterocycles. The summed E-state index contributed by atoms with van der Waals surface area (Å²) >= 11 is 0. The Balaban J connectivity index is 2.05. The second-order valence-corrected chi connectivity index (χ2v) is 4.75. The van der Waals surface area contributed by atoms with Gasteiger partial charge in [0.25, 0.3) is 0 Å². The second kappa shape index (κ2) is 5.70. The number of amides is 1. The number of carbonyl (C=O) groups excluding carboxylic acids is 1. The zero-order chi connectivity index (χ0) is 13.0. The Labute approximate surface area is 108 Å². The fourth-order valence-corrected chi connectivity index (χ4v) is 1.95. The third-order valence-electron chi connectivity index (χ3n) is 3.19. The molecule has 1 saturated carbocycles. The molecule has 0 bridgehead atoms. The van der Waals surface area contributed by atoms with E-state index in [1.165, 1.54) is 12.8 Å². The first-order chi connectivity index (χ1) is 8.72. The number of terminal acetylenes is 1. The van der Waals surface area contributed by atoms with Gasteiger partial charge in [-0.1, -0.05) is 36.3 Å². The Morgan fingerprint density at radius 1 is 1.44 bits per heavy atom. The van der Waals surface area contributed by atoms with Gasteiger partial charge in [-0.05, 0) is 24.3 Å². The van der Waals surface area contributed by atoms with Gasteiger partial charge in [0, 0.05) is 6.54 Å². The van der Waals surface area contributed by atoms with E-state index in [1.54, 1.807) is 4.90 Å². The van der Waals surface area contributed by atoms with E-state index >= 15 is 0 Å². The maximum atomic E-state index is 12.3. The Kier molecular flexibility index (Phi) is 4.01. The van der Waals surface area contributed by atoms with E-state index in [-0.39, 0.29) is 5.91 Å². The molecule has 0 aliphatic heterocycles. The number of carbonyl (C=O) groups is 1. The van der Waals surface area contributed by atoms with Crippen molar-refractivity contribution < 1.29 is 4.79 Å². The van der Waals surface area contributed by atoms with Crippen LogP contribution in [0.3, 0.4) is 0 Å². The van der Waals surface area contributed by atoms with Crippen LogP contribution in [-0.2, 0) is 4.79 Å². The predicted octanol–water partition coefficient (Wildman–Crippen LogP) is 1.56. The lowest BCUT2D eigenvalue weighted by Gasteiger charge is -2.23. The van der Waals surface area contributed by atoms with E-state index in [0.717, 1.165) is 12.1 Å². The van der Waals surface area contributed by atoms with Crippen molar-refractivity contribution in [2.24, 2.45) is 11.7 Å². The monoisotopic (exact) mass is 242 g/mol. The molecule has 0 aromatic heterocycles. The van der Waals surface area contributed by atoms with Crippen molar-refractivity contribution in [1.82, 2.24) is 4.90 Å². The van der Waals surface area contributed by atoms with Crippen LogP contribution in [0.1, 0.15) is 24.4 Å². The van der Waals surface area contributed by atoms with Crippen LogP contribution in [0, 0.1) is 18.3 Å². The van der Waals surface area contributed by atoms with Gasteiger partial charge in [0.15, 0.2) is 0 Å². The molecular formula is C15H18N2O. The number of nitrogens with zero attached hydrogens (tertiary/aromatic N) is 1. The Hall–Kier alpha value is -1.79. The number of rotatable bonds is 5. The smallest absolute Gasteiger partial charge is 0.244 e. The van der Waals surface area contributed by atoms with Gasteiger partial charge in [0.1, 0.15) is 6.04 Å². The van der Waals surface area contributed by atoms with Crippen molar-refractivity contribution in [3.63, 3.8) is 0 Å². The van der Waals surface area contributed by atoms with Crippen molar-refractivity contribution in [2.75, 3.05) is 13.1 Å². The average Bonchev–Trinajstić information content (AvgIpc) is 3.21. The van der Waals surface area contributed by atoms with Gasteiger partial charge in [-0.3, -0.25) is 4.79 Å². The lowest BCUT2D eigenvalue weighted by molar-refractivity contribution is -0.132. The minimum Gasteiger partial charge on any atom is -0.330 e. The maximum Gasteiger partial charge on any atom is 0.244 e. The summed E-state index contributed by atoms with van der Waals surface area (Å²) in [7, 11) is 0. The van der Waals surface area contributed by atoms with Gasteiger partial charge < -0.3 is 10.6 Å². The Morgan fingerprint density at radius 3 is 2.67 bits per heavy atom. The van der Waals surface area contributed by atoms with Crippen LogP contribution < -0.4 is 5.73 Å². The Morgan fingerprint density at radius 2 is 2.11 bits per heavy atom. The maximum absolute atomic E-state index is 12.3. The molecule has 1 amide bonds. The van der Waals surface area contributed by atoms with Crippen LogP contribution in [0.4, 0.5) is 0 Å². The molecule has 3 nitrogen and oxygen atoms in total. The summed E-state index contributed by atoms with van der Waals surface area (Å²) in [6, 6.07) is 8.80. The molecule has 1 atom stereocenters. The van der Waals surface area contributed by atoms with E-state index in [9.17, 15) is 4.79 Å². The van der Waals surface area contributed by atoms with Gasteiger partial charge in [0.2, 0.25) is 5.91 Å². The first-order valence-corrected chi connectivity index (χ1v) is 6.25. The highest BCUT2D eigenvalue weighted by molar-refractivity contribution is 5.83. The SMILES string of the molecule is C#CCN(CC1CC1)C(=O)[C@@H](N)c1ccccc1. The van der Waals surface area contributed by atoms with Gasteiger partial charge in [-0.15, -0.1) is 6.42 Å². The molecule has 3 heteroatoms. The lowest BCUT2D eigenvalue weighted by Crippen LogP contribution is -2.40. The molecule has 94 valence electrons. The first-order valence-electron chi connectivity index (χ1n) is 6.25. The van der Waals surface area contributed by atoms with E-state index in [0.29, 0.717) is 12.5 Å². The molecule has 2 rings (SSSR count). The van der Waals surface area contributed by atoms with Crippen molar-refractivity contribution >= 4 is 5.91 Å². The summed E-state index contributed by atoms with van der Waals surface area (Å²) in [6.45, 7) is 1.08. The largest absolute Gasteiger partial charge is 0.330 e. The normalized spacial score (nSPS) is 15.8. The fourth-order valence-electron chi connectivity index (χ4n) is 1.95. The topological polar surface area (TPSA) is 46.3 Å². The summed E-state index contributed by atoms with van der Waals surface area (Å²) in [5, 5.41) is 0. The molecule has 1 fully saturated rings. The molecule has 0 spiro atoms. The molecular weight excluding hydrogens is 224 g/mol. The third kappa shape index (κ3) is 3.12. The number of benzene rings is 1. The van der Waals surface area contributed by atoms with Crippen LogP contribution >= 0.6 is 0 Å².